The highest BCUT2D eigenvalue weighted by molar-refractivity contribution is 5.82. The molecule has 0 saturated heterocycles. The Morgan fingerprint density at radius 2 is 1.20 bits per heavy atom. The van der Waals surface area contributed by atoms with E-state index in [1.807, 2.05) is 0 Å². The molecular weight excluding hydrogens is 332 g/mol. The summed E-state index contributed by atoms with van der Waals surface area (Å²) in [6.45, 7) is 7.09. The van der Waals surface area contributed by atoms with Crippen LogP contribution in [0.2, 0.25) is 0 Å². The van der Waals surface area contributed by atoms with E-state index < -0.39 is 34.3 Å². The summed E-state index contributed by atoms with van der Waals surface area (Å²) < 4.78 is 58.7. The van der Waals surface area contributed by atoms with Crippen molar-refractivity contribution in [3.63, 3.8) is 0 Å². The van der Waals surface area contributed by atoms with E-state index in [4.69, 9.17) is 0 Å². The fraction of sp³-hybridized carbons (Fsp3) is 0.316. The van der Waals surface area contributed by atoms with E-state index in [2.05, 4.69) is 0 Å². The van der Waals surface area contributed by atoms with Crippen molar-refractivity contribution in [2.45, 2.75) is 38.8 Å². The molecule has 132 valence electrons. The standard InChI is InChI=1S/C19H19F4N2/c1-18(2)19(3,4)25(17-14(22)9-6-10-15(17)23)11-24(18)16-12(20)7-5-8-13(16)21/h5-11H,1-4H3/q+1. The number of benzene rings is 2. The van der Waals surface area contributed by atoms with Crippen molar-refractivity contribution < 1.29 is 22.1 Å². The largest absolute Gasteiger partial charge is 0.246 e. The maximum Gasteiger partial charge on any atom is 0.246 e. The molecule has 3 rings (SSSR count). The van der Waals surface area contributed by atoms with Crippen LogP contribution in [0, 0.1) is 23.3 Å². The first-order valence-electron chi connectivity index (χ1n) is 7.90. The van der Waals surface area contributed by atoms with E-state index in [1.165, 1.54) is 27.9 Å². The molecule has 0 bridgehead atoms. The van der Waals surface area contributed by atoms with Gasteiger partial charge in [-0.3, -0.25) is 0 Å². The summed E-state index contributed by atoms with van der Waals surface area (Å²) in [4.78, 5) is 1.39. The monoisotopic (exact) mass is 351 g/mol. The molecule has 1 aliphatic heterocycles. The number of anilines is 1. The van der Waals surface area contributed by atoms with Crippen molar-refractivity contribution in [2.75, 3.05) is 4.90 Å². The molecule has 0 unspecified atom stereocenters. The lowest BCUT2D eigenvalue weighted by Crippen LogP contribution is -2.55. The quantitative estimate of drug-likeness (QED) is 0.546. The van der Waals surface area contributed by atoms with E-state index >= 15 is 0 Å². The van der Waals surface area contributed by atoms with Crippen LogP contribution in [0.4, 0.5) is 28.9 Å². The van der Waals surface area contributed by atoms with Gasteiger partial charge >= 0.3 is 0 Å². The Morgan fingerprint density at radius 3 is 1.68 bits per heavy atom. The fourth-order valence-corrected chi connectivity index (χ4v) is 3.11. The maximum atomic E-state index is 14.3. The molecule has 0 aliphatic carbocycles. The van der Waals surface area contributed by atoms with Gasteiger partial charge in [0.2, 0.25) is 6.34 Å². The zero-order chi connectivity index (χ0) is 18.6. The molecule has 1 aliphatic rings. The Balaban J connectivity index is 2.27. The van der Waals surface area contributed by atoms with Gasteiger partial charge in [-0.15, -0.1) is 0 Å². The molecular formula is C19H19F4N2+. The molecule has 0 radical (unpaired) electrons. The minimum absolute atomic E-state index is 0.250. The van der Waals surface area contributed by atoms with Crippen molar-refractivity contribution in [3.05, 3.63) is 59.7 Å². The second-order valence-corrected chi connectivity index (χ2v) is 7.11. The van der Waals surface area contributed by atoms with Crippen molar-refractivity contribution in [3.8, 4) is 0 Å². The Morgan fingerprint density at radius 1 is 0.760 bits per heavy atom. The van der Waals surface area contributed by atoms with Gasteiger partial charge in [0.1, 0.15) is 11.1 Å². The molecule has 0 fully saturated rings. The molecule has 2 aromatic carbocycles. The summed E-state index contributed by atoms with van der Waals surface area (Å²) in [5, 5.41) is 0. The van der Waals surface area contributed by atoms with Crippen LogP contribution < -0.4 is 4.90 Å². The van der Waals surface area contributed by atoms with Gasteiger partial charge in [0, 0.05) is 0 Å². The lowest BCUT2D eigenvalue weighted by atomic mass is 9.81. The van der Waals surface area contributed by atoms with Crippen LogP contribution in [0.1, 0.15) is 27.7 Å². The van der Waals surface area contributed by atoms with Crippen LogP contribution >= 0.6 is 0 Å². The number of hydrogen-bond acceptors (Lipinski definition) is 1. The number of halogens is 4. The third kappa shape index (κ3) is 2.42. The van der Waals surface area contributed by atoms with Gasteiger partial charge in [0.15, 0.2) is 34.6 Å². The number of hydrogen-bond donors (Lipinski definition) is 0. The summed E-state index contributed by atoms with van der Waals surface area (Å²) >= 11 is 0. The molecule has 1 heterocycles. The second kappa shape index (κ2) is 5.58. The normalized spacial score (nSPS) is 18.4. The molecule has 2 aromatic rings. The average molecular weight is 351 g/mol. The summed E-state index contributed by atoms with van der Waals surface area (Å²) in [5.74, 6) is -2.96. The molecule has 2 nitrogen and oxygen atoms in total. The van der Waals surface area contributed by atoms with Crippen molar-refractivity contribution >= 4 is 17.7 Å². The van der Waals surface area contributed by atoms with Crippen LogP contribution in [0.5, 0.6) is 0 Å². The Hall–Kier alpha value is -2.37. The van der Waals surface area contributed by atoms with Gasteiger partial charge in [-0.05, 0) is 52.0 Å². The minimum atomic E-state index is -0.856. The van der Waals surface area contributed by atoms with Gasteiger partial charge in [-0.2, -0.15) is 0 Å². The Bertz CT molecular complexity index is 831. The molecule has 0 spiro atoms. The summed E-state index contributed by atoms with van der Waals surface area (Å²) in [7, 11) is 0. The molecule has 0 saturated carbocycles. The summed E-state index contributed by atoms with van der Waals surface area (Å²) in [6.07, 6.45) is 1.36. The molecule has 0 N–H and O–H groups in total. The summed E-state index contributed by atoms with van der Waals surface area (Å²) in [6, 6.07) is 7.17. The van der Waals surface area contributed by atoms with E-state index in [9.17, 15) is 17.6 Å². The maximum absolute atomic E-state index is 14.3. The third-order valence-corrected chi connectivity index (χ3v) is 5.29. The Labute approximate surface area is 144 Å². The van der Waals surface area contributed by atoms with E-state index in [0.717, 1.165) is 24.3 Å². The van der Waals surface area contributed by atoms with Crippen LogP contribution in [0.15, 0.2) is 36.4 Å². The van der Waals surface area contributed by atoms with E-state index in [0.29, 0.717) is 0 Å². The number of para-hydroxylation sites is 2. The van der Waals surface area contributed by atoms with Gasteiger partial charge in [0.25, 0.3) is 0 Å². The van der Waals surface area contributed by atoms with Crippen LogP contribution in [0.25, 0.3) is 0 Å². The topological polar surface area (TPSA) is 6.25 Å². The van der Waals surface area contributed by atoms with Gasteiger partial charge in [-0.25, -0.2) is 27.0 Å². The smallest absolute Gasteiger partial charge is 0.219 e. The Kier molecular flexibility index (Phi) is 3.89. The van der Waals surface area contributed by atoms with Crippen LogP contribution in [-0.4, -0.2) is 22.0 Å². The molecule has 0 aromatic heterocycles. The van der Waals surface area contributed by atoms with Crippen LogP contribution in [-0.2, 0) is 0 Å². The van der Waals surface area contributed by atoms with E-state index in [1.54, 1.807) is 27.7 Å². The first-order chi connectivity index (χ1) is 11.6. The molecule has 0 amide bonds. The predicted molar refractivity (Wildman–Crippen MR) is 89.3 cm³/mol. The minimum Gasteiger partial charge on any atom is -0.219 e. The highest BCUT2D eigenvalue weighted by Crippen LogP contribution is 2.43. The zero-order valence-electron chi connectivity index (χ0n) is 14.4. The molecule has 25 heavy (non-hydrogen) atoms. The van der Waals surface area contributed by atoms with Crippen molar-refractivity contribution in [1.29, 1.82) is 0 Å². The highest BCUT2D eigenvalue weighted by Gasteiger charge is 2.58. The van der Waals surface area contributed by atoms with Crippen LogP contribution in [0.3, 0.4) is 0 Å². The third-order valence-electron chi connectivity index (χ3n) is 5.29. The zero-order valence-corrected chi connectivity index (χ0v) is 14.4. The number of rotatable bonds is 2. The van der Waals surface area contributed by atoms with Crippen molar-refractivity contribution in [2.24, 2.45) is 0 Å². The lowest BCUT2D eigenvalue weighted by molar-refractivity contribution is -0.524. The SMILES string of the molecule is CC1(C)N(c2c(F)cccc2F)C=[N+](c2c(F)cccc2F)C1(C)C. The second-order valence-electron chi connectivity index (χ2n) is 7.11. The lowest BCUT2D eigenvalue weighted by Gasteiger charge is -2.35. The van der Waals surface area contributed by atoms with E-state index in [-0.39, 0.29) is 11.4 Å². The first kappa shape index (κ1) is 17.5. The highest BCUT2D eigenvalue weighted by atomic mass is 19.1. The fourth-order valence-electron chi connectivity index (χ4n) is 3.11. The van der Waals surface area contributed by atoms with Gasteiger partial charge in [-0.1, -0.05) is 12.1 Å². The molecule has 6 heteroatoms. The predicted octanol–water partition coefficient (Wildman–Crippen LogP) is 4.99. The average Bonchev–Trinajstić information content (AvgIpc) is 2.67. The van der Waals surface area contributed by atoms with Gasteiger partial charge in [0.05, 0.1) is 0 Å². The van der Waals surface area contributed by atoms with Gasteiger partial charge < -0.3 is 0 Å². The summed E-state index contributed by atoms with van der Waals surface area (Å²) in [5.41, 5.74) is -2.21. The van der Waals surface area contributed by atoms with Crippen molar-refractivity contribution in [1.82, 2.24) is 0 Å². The molecule has 0 atom stereocenters. The first-order valence-corrected chi connectivity index (χ1v) is 7.90. The number of nitrogens with zero attached hydrogens (tertiary/aromatic N) is 2.